The maximum atomic E-state index is 15.1. The molecular weight excluding hydrogens is 765 g/mol. The van der Waals surface area contributed by atoms with Crippen LogP contribution in [0.15, 0.2) is 206 Å². The average molecular weight is 799 g/mol. The first-order valence-corrected chi connectivity index (χ1v) is 20.3. The van der Waals surface area contributed by atoms with Crippen molar-refractivity contribution in [2.45, 2.75) is 0 Å². The summed E-state index contributed by atoms with van der Waals surface area (Å²) in [4.78, 5) is 73.5. The molecule has 5 nitrogen and oxygen atoms in total. The molecule has 0 aliphatic carbocycles. The van der Waals surface area contributed by atoms with Crippen LogP contribution in [0.1, 0.15) is 79.6 Å². The highest BCUT2D eigenvalue weighted by atomic mass is 16.1. The van der Waals surface area contributed by atoms with Gasteiger partial charge in [-0.2, -0.15) is 0 Å². The lowest BCUT2D eigenvalue weighted by molar-refractivity contribution is 0.102. The number of fused-ring (bicyclic) bond motifs is 4. The Morgan fingerprint density at radius 1 is 0.210 bits per heavy atom. The highest BCUT2D eigenvalue weighted by Crippen LogP contribution is 2.30. The van der Waals surface area contributed by atoms with Crippen molar-refractivity contribution in [1.29, 1.82) is 0 Å². The lowest BCUT2D eigenvalue weighted by atomic mass is 9.88. The molecule has 0 atom stereocenters. The normalized spacial score (nSPS) is 11.2. The summed E-state index contributed by atoms with van der Waals surface area (Å²) in [5.41, 5.74) is 2.36. The third kappa shape index (κ3) is 6.78. The second-order valence-corrected chi connectivity index (χ2v) is 15.4. The summed E-state index contributed by atoms with van der Waals surface area (Å²) < 4.78 is 0. The number of carbonyl (C=O) groups is 5. The minimum Gasteiger partial charge on any atom is -0.289 e. The minimum atomic E-state index is -0.566. The Morgan fingerprint density at radius 3 is 0.645 bits per heavy atom. The van der Waals surface area contributed by atoms with E-state index in [-0.39, 0.29) is 56.5 Å². The van der Waals surface area contributed by atoms with Crippen molar-refractivity contribution in [2.24, 2.45) is 0 Å². The van der Waals surface area contributed by atoms with Crippen molar-refractivity contribution in [3.05, 3.63) is 262 Å². The first kappa shape index (κ1) is 37.8. The van der Waals surface area contributed by atoms with Gasteiger partial charge in [0.15, 0.2) is 28.9 Å². The van der Waals surface area contributed by atoms with Crippen LogP contribution >= 0.6 is 0 Å². The molecule has 0 amide bonds. The third-order valence-electron chi connectivity index (χ3n) is 11.6. The van der Waals surface area contributed by atoms with Crippen molar-refractivity contribution in [2.75, 3.05) is 0 Å². The van der Waals surface area contributed by atoms with E-state index < -0.39 is 5.78 Å². The van der Waals surface area contributed by atoms with Crippen molar-refractivity contribution in [1.82, 2.24) is 0 Å². The third-order valence-corrected chi connectivity index (χ3v) is 11.6. The summed E-state index contributed by atoms with van der Waals surface area (Å²) >= 11 is 0. The Labute approximate surface area is 356 Å². The van der Waals surface area contributed by atoms with Gasteiger partial charge in [0.1, 0.15) is 0 Å². The van der Waals surface area contributed by atoms with Gasteiger partial charge in [-0.05, 0) is 79.5 Å². The number of ketones is 5. The fourth-order valence-corrected chi connectivity index (χ4v) is 8.52. The molecule has 0 aliphatic rings. The van der Waals surface area contributed by atoms with Crippen molar-refractivity contribution in [3.63, 3.8) is 0 Å². The molecule has 10 aromatic carbocycles. The van der Waals surface area contributed by atoms with Crippen LogP contribution in [-0.2, 0) is 0 Å². The monoisotopic (exact) mass is 798 g/mol. The van der Waals surface area contributed by atoms with Gasteiger partial charge >= 0.3 is 0 Å². The second kappa shape index (κ2) is 15.6. The number of rotatable bonds is 10. The highest BCUT2D eigenvalue weighted by molar-refractivity contribution is 6.24. The topological polar surface area (TPSA) is 85.3 Å². The van der Waals surface area contributed by atoms with E-state index in [2.05, 4.69) is 0 Å². The van der Waals surface area contributed by atoms with E-state index in [1.54, 1.807) is 60.7 Å². The number of benzene rings is 10. The van der Waals surface area contributed by atoms with Gasteiger partial charge in [-0.25, -0.2) is 0 Å². The van der Waals surface area contributed by atoms with Crippen LogP contribution < -0.4 is 0 Å². The van der Waals surface area contributed by atoms with E-state index in [1.807, 2.05) is 121 Å². The lowest BCUT2D eigenvalue weighted by Crippen LogP contribution is -2.13. The fraction of sp³-hybridized carbons (Fsp3) is 0. The summed E-state index contributed by atoms with van der Waals surface area (Å²) in [5.74, 6) is -2.03. The van der Waals surface area contributed by atoms with Gasteiger partial charge in [0, 0.05) is 55.6 Å². The Hall–Kier alpha value is -8.41. The van der Waals surface area contributed by atoms with Crippen LogP contribution in [0.5, 0.6) is 0 Å². The van der Waals surface area contributed by atoms with E-state index in [1.165, 1.54) is 24.3 Å². The maximum Gasteiger partial charge on any atom is 0.193 e. The molecule has 0 heterocycles. The second-order valence-electron chi connectivity index (χ2n) is 15.4. The lowest BCUT2D eigenvalue weighted by Gasteiger charge is -2.14. The van der Waals surface area contributed by atoms with Crippen LogP contribution in [0.3, 0.4) is 0 Å². The summed E-state index contributed by atoms with van der Waals surface area (Å²) in [6.07, 6.45) is 0. The van der Waals surface area contributed by atoms with E-state index >= 15 is 4.79 Å². The summed E-state index contributed by atoms with van der Waals surface area (Å²) in [6, 6.07) is 61.1. The van der Waals surface area contributed by atoms with E-state index in [0.717, 1.165) is 43.1 Å². The molecule has 10 rings (SSSR count). The molecule has 292 valence electrons. The van der Waals surface area contributed by atoms with Gasteiger partial charge in [-0.1, -0.05) is 170 Å². The van der Waals surface area contributed by atoms with Gasteiger partial charge < -0.3 is 0 Å². The SMILES string of the molecule is O=C(c1cc(C(=O)c2cccc3ccccc23)cc(C(=O)c2cccc3ccccc23)c1)c1cc(C(=O)c2cccc3ccccc23)cc(C(=O)c2cccc3ccccc23)c1. The van der Waals surface area contributed by atoms with Crippen LogP contribution in [0.4, 0.5) is 0 Å². The van der Waals surface area contributed by atoms with Gasteiger partial charge in [0.25, 0.3) is 0 Å². The predicted octanol–water partition coefficient (Wildman–Crippen LogP) is 12.5. The predicted molar refractivity (Wildman–Crippen MR) is 246 cm³/mol. The summed E-state index contributed by atoms with van der Waals surface area (Å²) in [7, 11) is 0. The molecule has 0 radical (unpaired) electrons. The Balaban J connectivity index is 1.16. The first-order chi connectivity index (χ1) is 30.3. The molecule has 62 heavy (non-hydrogen) atoms. The van der Waals surface area contributed by atoms with Crippen molar-refractivity contribution in [3.8, 4) is 0 Å². The Morgan fingerprint density at radius 2 is 0.403 bits per heavy atom. The molecule has 5 heteroatoms. The molecule has 0 fully saturated rings. The van der Waals surface area contributed by atoms with Crippen molar-refractivity contribution >= 4 is 72.0 Å². The zero-order chi connectivity index (χ0) is 42.3. The summed E-state index contributed by atoms with van der Waals surface area (Å²) in [5, 5.41) is 6.40. The standard InChI is InChI=1S/C57H34O5/c58-53(39-29-41(54(59)49-25-9-17-35-13-1-5-21-45(35)49)33-42(30-39)55(60)50-26-10-18-36-14-2-6-22-46(36)50)40-31-43(56(61)51-27-11-19-37-15-3-7-23-47(37)51)34-44(32-40)57(62)52-28-12-20-38-16-4-8-24-48(38)52/h1-34H. The molecular formula is C57H34O5. The molecule has 0 aromatic heterocycles. The zero-order valence-electron chi connectivity index (χ0n) is 33.2. The molecule has 0 bridgehead atoms. The number of hydrogen-bond acceptors (Lipinski definition) is 5. The molecule has 0 spiro atoms. The Bertz CT molecular complexity index is 3050. The van der Waals surface area contributed by atoms with Crippen LogP contribution in [0.25, 0.3) is 43.1 Å². The fourth-order valence-electron chi connectivity index (χ4n) is 8.52. The van der Waals surface area contributed by atoms with Gasteiger partial charge in [-0.3, -0.25) is 24.0 Å². The highest BCUT2D eigenvalue weighted by Gasteiger charge is 2.25. The van der Waals surface area contributed by atoms with Crippen LogP contribution in [0.2, 0.25) is 0 Å². The van der Waals surface area contributed by atoms with Crippen LogP contribution in [-0.4, -0.2) is 28.9 Å². The zero-order valence-corrected chi connectivity index (χ0v) is 33.2. The molecule has 0 unspecified atom stereocenters. The largest absolute Gasteiger partial charge is 0.289 e. The van der Waals surface area contributed by atoms with Crippen LogP contribution in [0, 0.1) is 0 Å². The quantitative estimate of drug-likeness (QED) is 0.129. The number of carbonyl (C=O) groups excluding carboxylic acids is 5. The molecule has 10 aromatic rings. The molecule has 0 N–H and O–H groups in total. The minimum absolute atomic E-state index is 0.0537. The molecule has 0 saturated heterocycles. The van der Waals surface area contributed by atoms with Gasteiger partial charge in [0.2, 0.25) is 0 Å². The Kier molecular flexibility index (Phi) is 9.55. The smallest absolute Gasteiger partial charge is 0.193 e. The van der Waals surface area contributed by atoms with E-state index in [4.69, 9.17) is 0 Å². The first-order valence-electron chi connectivity index (χ1n) is 20.3. The van der Waals surface area contributed by atoms with Gasteiger partial charge in [0.05, 0.1) is 0 Å². The van der Waals surface area contributed by atoms with Crippen molar-refractivity contribution < 1.29 is 24.0 Å². The number of hydrogen-bond donors (Lipinski definition) is 0. The molecule has 0 aliphatic heterocycles. The van der Waals surface area contributed by atoms with E-state index in [0.29, 0.717) is 22.3 Å². The molecule has 0 saturated carbocycles. The average Bonchev–Trinajstić information content (AvgIpc) is 3.34. The van der Waals surface area contributed by atoms with Gasteiger partial charge in [-0.15, -0.1) is 0 Å². The summed E-state index contributed by atoms with van der Waals surface area (Å²) in [6.45, 7) is 0. The maximum absolute atomic E-state index is 15.1. The van der Waals surface area contributed by atoms with E-state index in [9.17, 15) is 19.2 Å².